The molecule has 4 heterocycles. The Morgan fingerprint density at radius 3 is 2.54 bits per heavy atom. The summed E-state index contributed by atoms with van der Waals surface area (Å²) in [4.78, 5) is 44.4. The van der Waals surface area contributed by atoms with Gasteiger partial charge in [-0.05, 0) is 71.5 Å². The van der Waals surface area contributed by atoms with Gasteiger partial charge in [0.05, 0.1) is 30.3 Å². The maximum Gasteiger partial charge on any atom is 0.410 e. The molecule has 246 valence electrons. The highest BCUT2D eigenvalue weighted by atomic mass is 16.6. The number of aromatic nitrogens is 2. The number of carbonyl (C=O) groups is 2. The predicted octanol–water partition coefficient (Wildman–Crippen LogP) is 4.54. The number of nitriles is 1. The van der Waals surface area contributed by atoms with Crippen LogP contribution in [-0.4, -0.2) is 101 Å². The van der Waals surface area contributed by atoms with Gasteiger partial charge in [-0.3, -0.25) is 4.90 Å². The number of hydrogen-bond acceptors (Lipinski definition) is 10. The highest BCUT2D eigenvalue weighted by Gasteiger charge is 2.46. The molecule has 0 unspecified atom stereocenters. The van der Waals surface area contributed by atoms with Crippen molar-refractivity contribution in [2.24, 2.45) is 5.92 Å². The Morgan fingerprint density at radius 1 is 1.02 bits per heavy atom. The summed E-state index contributed by atoms with van der Waals surface area (Å²) >= 11 is 0. The van der Waals surface area contributed by atoms with Crippen LogP contribution in [0.3, 0.4) is 0 Å². The fourth-order valence-electron chi connectivity index (χ4n) is 7.14. The van der Waals surface area contributed by atoms with Gasteiger partial charge in [-0.25, -0.2) is 9.59 Å². The molecule has 4 atom stereocenters. The number of benzene rings is 1. The molecule has 4 aliphatic rings. The zero-order chi connectivity index (χ0) is 32.4. The third-order valence-corrected chi connectivity index (χ3v) is 9.45. The van der Waals surface area contributed by atoms with Gasteiger partial charge in [0, 0.05) is 37.8 Å². The third kappa shape index (κ3) is 6.99. The molecule has 6 rings (SSSR count). The van der Waals surface area contributed by atoms with Crippen LogP contribution in [0, 0.1) is 17.2 Å². The molecule has 0 N–H and O–H groups in total. The van der Waals surface area contributed by atoms with E-state index in [0.29, 0.717) is 44.8 Å². The molecular weight excluding hydrogens is 586 g/mol. The number of piperazine rings is 1. The van der Waals surface area contributed by atoms with Crippen molar-refractivity contribution in [3.63, 3.8) is 0 Å². The smallest absolute Gasteiger partial charge is 0.410 e. The van der Waals surface area contributed by atoms with Crippen molar-refractivity contribution < 1.29 is 23.8 Å². The molecule has 0 radical (unpaired) electrons. The van der Waals surface area contributed by atoms with E-state index in [2.05, 4.69) is 22.9 Å². The van der Waals surface area contributed by atoms with Gasteiger partial charge in [-0.15, -0.1) is 0 Å². The van der Waals surface area contributed by atoms with Crippen LogP contribution in [0.1, 0.15) is 69.3 Å². The molecule has 12 heteroatoms. The zero-order valence-electron chi connectivity index (χ0n) is 27.4. The van der Waals surface area contributed by atoms with E-state index in [1.54, 1.807) is 4.90 Å². The number of likely N-dealkylation sites (N-methyl/N-ethyl adjacent to an activating group) is 1. The second-order valence-electron chi connectivity index (χ2n) is 13.9. The molecule has 1 aromatic heterocycles. The molecule has 0 saturated carbocycles. The van der Waals surface area contributed by atoms with Gasteiger partial charge in [-0.1, -0.05) is 30.3 Å². The number of anilines is 1. The summed E-state index contributed by atoms with van der Waals surface area (Å²) in [7, 11) is 2.11. The SMILES string of the molecule is CN1CCC[C@H]1COc1nc2c(c(N3CCN(C(=O)OCc4ccccc4)[C@@H](CC#N)C3)n1)C[C@@H]1C[C@H]2N(C(=O)OC(C)(C)C)C1. The molecule has 3 aliphatic heterocycles. The Morgan fingerprint density at radius 2 is 1.83 bits per heavy atom. The van der Waals surface area contributed by atoms with Crippen LogP contribution < -0.4 is 9.64 Å². The molecule has 2 bridgehead atoms. The van der Waals surface area contributed by atoms with Crippen molar-refractivity contribution in [1.82, 2.24) is 24.7 Å². The maximum atomic E-state index is 13.3. The van der Waals surface area contributed by atoms with Crippen LogP contribution in [0.15, 0.2) is 30.3 Å². The Kier molecular flexibility index (Phi) is 9.22. The second-order valence-corrected chi connectivity index (χ2v) is 13.9. The summed E-state index contributed by atoms with van der Waals surface area (Å²) in [5.41, 5.74) is 2.12. The van der Waals surface area contributed by atoms with E-state index >= 15 is 0 Å². The molecule has 2 amide bonds. The van der Waals surface area contributed by atoms with Crippen molar-refractivity contribution in [1.29, 1.82) is 5.26 Å². The number of nitrogens with zero attached hydrogens (tertiary/aromatic N) is 7. The van der Waals surface area contributed by atoms with Gasteiger partial charge in [0.15, 0.2) is 0 Å². The predicted molar refractivity (Wildman–Crippen MR) is 170 cm³/mol. The monoisotopic (exact) mass is 631 g/mol. The molecule has 12 nitrogen and oxygen atoms in total. The topological polar surface area (TPSA) is 124 Å². The zero-order valence-corrected chi connectivity index (χ0v) is 27.4. The van der Waals surface area contributed by atoms with Crippen LogP contribution in [0.4, 0.5) is 15.4 Å². The average molecular weight is 632 g/mol. The third-order valence-electron chi connectivity index (χ3n) is 9.45. The number of likely N-dealkylation sites (tertiary alicyclic amines) is 2. The highest BCUT2D eigenvalue weighted by molar-refractivity contribution is 5.71. The van der Waals surface area contributed by atoms with Gasteiger partial charge in [0.1, 0.15) is 24.6 Å². The van der Waals surface area contributed by atoms with Crippen molar-refractivity contribution in [2.75, 3.05) is 51.3 Å². The Labute approximate surface area is 271 Å². The maximum absolute atomic E-state index is 13.3. The molecular formula is C34H45N7O5. The van der Waals surface area contributed by atoms with Crippen LogP contribution in [-0.2, 0) is 22.5 Å². The van der Waals surface area contributed by atoms with Gasteiger partial charge in [0.25, 0.3) is 0 Å². The van der Waals surface area contributed by atoms with E-state index in [9.17, 15) is 14.9 Å². The number of ether oxygens (including phenoxy) is 3. The van der Waals surface area contributed by atoms with Crippen LogP contribution in [0.5, 0.6) is 6.01 Å². The van der Waals surface area contributed by atoms with Gasteiger partial charge in [-0.2, -0.15) is 15.2 Å². The fourth-order valence-corrected chi connectivity index (χ4v) is 7.14. The lowest BCUT2D eigenvalue weighted by Crippen LogP contribution is -2.55. The van der Waals surface area contributed by atoms with Crippen LogP contribution in [0.2, 0.25) is 0 Å². The summed E-state index contributed by atoms with van der Waals surface area (Å²) in [5, 5.41) is 9.71. The molecule has 46 heavy (non-hydrogen) atoms. The number of rotatable bonds is 7. The first-order chi connectivity index (χ1) is 22.1. The molecule has 1 aromatic carbocycles. The van der Waals surface area contributed by atoms with E-state index in [4.69, 9.17) is 24.2 Å². The van der Waals surface area contributed by atoms with Crippen molar-refractivity contribution in [3.8, 4) is 12.1 Å². The summed E-state index contributed by atoms with van der Waals surface area (Å²) in [6.07, 6.45) is 3.14. The lowest BCUT2D eigenvalue weighted by atomic mass is 9.87. The summed E-state index contributed by atoms with van der Waals surface area (Å²) in [6.45, 7) is 9.25. The van der Waals surface area contributed by atoms with E-state index in [-0.39, 0.29) is 37.1 Å². The number of carbonyl (C=O) groups excluding carboxylic acids is 2. The summed E-state index contributed by atoms with van der Waals surface area (Å²) < 4.78 is 17.7. The van der Waals surface area contributed by atoms with Gasteiger partial charge < -0.3 is 28.9 Å². The molecule has 1 aliphatic carbocycles. The van der Waals surface area contributed by atoms with Gasteiger partial charge >= 0.3 is 18.2 Å². The van der Waals surface area contributed by atoms with Crippen LogP contribution >= 0.6 is 0 Å². The first-order valence-electron chi connectivity index (χ1n) is 16.4. The minimum Gasteiger partial charge on any atom is -0.462 e. The molecule has 3 saturated heterocycles. The van der Waals surface area contributed by atoms with Crippen molar-refractivity contribution in [3.05, 3.63) is 47.2 Å². The minimum absolute atomic E-state index is 0.166. The standard InChI is InChI=1S/C34H45N7O5/c1-34(2,3)46-33(43)41-19-24-17-27-29(28(41)18-24)36-31(44-22-26-11-8-14-38(26)4)37-30(27)39-15-16-40(25(20-39)12-13-35)32(42)45-21-23-9-6-5-7-10-23/h5-7,9-10,24-26,28H,8,11-12,14-22H2,1-4H3/t24-,25+,26+,28-/m1/s1. The number of fused-ring (bicyclic) bond motifs is 4. The quantitative estimate of drug-likeness (QED) is 0.430. The van der Waals surface area contributed by atoms with E-state index in [1.807, 2.05) is 56.0 Å². The number of amides is 2. The molecule has 0 spiro atoms. The van der Waals surface area contributed by atoms with Crippen molar-refractivity contribution in [2.45, 2.75) is 83.2 Å². The fraction of sp³-hybridized carbons (Fsp3) is 0.618. The Bertz CT molecular complexity index is 1460. The average Bonchev–Trinajstić information content (AvgIpc) is 3.61. The van der Waals surface area contributed by atoms with Crippen LogP contribution in [0.25, 0.3) is 0 Å². The highest BCUT2D eigenvalue weighted by Crippen LogP contribution is 2.46. The van der Waals surface area contributed by atoms with Gasteiger partial charge in [0.2, 0.25) is 0 Å². The number of hydrogen-bond donors (Lipinski definition) is 0. The molecule has 3 fully saturated rings. The minimum atomic E-state index is -0.604. The van der Waals surface area contributed by atoms with E-state index in [1.165, 1.54) is 0 Å². The second kappa shape index (κ2) is 13.3. The first kappa shape index (κ1) is 31.9. The Hall–Kier alpha value is -4.11. The normalized spacial score (nSPS) is 24.4. The molecule has 2 aromatic rings. The lowest BCUT2D eigenvalue weighted by molar-refractivity contribution is 0.0219. The lowest BCUT2D eigenvalue weighted by Gasteiger charge is -2.41. The summed E-state index contributed by atoms with van der Waals surface area (Å²) in [6, 6.07) is 11.8. The van der Waals surface area contributed by atoms with E-state index < -0.39 is 11.7 Å². The first-order valence-corrected chi connectivity index (χ1v) is 16.4. The Balaban J connectivity index is 1.26. The van der Waals surface area contributed by atoms with Crippen molar-refractivity contribution >= 4 is 18.0 Å². The van der Waals surface area contributed by atoms with E-state index in [0.717, 1.165) is 54.9 Å². The summed E-state index contributed by atoms with van der Waals surface area (Å²) in [5.74, 6) is 1.02. The largest absolute Gasteiger partial charge is 0.462 e.